The molecule has 0 fully saturated rings. The van der Waals surface area contributed by atoms with E-state index in [2.05, 4.69) is 44.9 Å². The summed E-state index contributed by atoms with van der Waals surface area (Å²) in [6, 6.07) is 4.56. The fourth-order valence-electron chi connectivity index (χ4n) is 1.89. The van der Waals surface area contributed by atoms with Crippen LogP contribution in [0.4, 0.5) is 5.69 Å². The molecule has 0 aliphatic rings. The Hall–Kier alpha value is -1.02. The Kier molecular flexibility index (Phi) is 3.75. The van der Waals surface area contributed by atoms with Crippen molar-refractivity contribution in [1.82, 2.24) is 0 Å². The number of anilines is 1. The predicted octanol–water partition coefficient (Wildman–Crippen LogP) is 2.40. The second-order valence-corrected chi connectivity index (χ2v) is 4.51. The summed E-state index contributed by atoms with van der Waals surface area (Å²) in [5, 5.41) is 0. The zero-order chi connectivity index (χ0) is 11.6. The SMILES string of the molecule is Cc1ccc(N(C)CC(C)N)c(C)c1C. The van der Waals surface area contributed by atoms with Gasteiger partial charge < -0.3 is 10.6 Å². The number of benzene rings is 1. The van der Waals surface area contributed by atoms with Gasteiger partial charge in [0.05, 0.1) is 0 Å². The second-order valence-electron chi connectivity index (χ2n) is 4.51. The molecule has 0 saturated heterocycles. The van der Waals surface area contributed by atoms with Crippen molar-refractivity contribution in [3.05, 3.63) is 28.8 Å². The van der Waals surface area contributed by atoms with Crippen molar-refractivity contribution in [2.45, 2.75) is 33.7 Å². The first-order valence-electron chi connectivity index (χ1n) is 5.47. The Labute approximate surface area is 93.1 Å². The van der Waals surface area contributed by atoms with Crippen LogP contribution in [-0.4, -0.2) is 19.6 Å². The van der Waals surface area contributed by atoms with Crippen LogP contribution in [0.15, 0.2) is 12.1 Å². The lowest BCUT2D eigenvalue weighted by atomic mass is 10.0. The van der Waals surface area contributed by atoms with Crippen LogP contribution in [-0.2, 0) is 0 Å². The zero-order valence-corrected chi connectivity index (χ0v) is 10.5. The maximum absolute atomic E-state index is 5.81. The highest BCUT2D eigenvalue weighted by atomic mass is 15.1. The van der Waals surface area contributed by atoms with Crippen molar-refractivity contribution in [3.8, 4) is 0 Å². The highest BCUT2D eigenvalue weighted by Gasteiger charge is 2.08. The number of nitrogens with zero attached hydrogens (tertiary/aromatic N) is 1. The van der Waals surface area contributed by atoms with Crippen LogP contribution >= 0.6 is 0 Å². The predicted molar refractivity (Wildman–Crippen MR) is 67.6 cm³/mol. The number of rotatable bonds is 3. The van der Waals surface area contributed by atoms with Crippen molar-refractivity contribution < 1.29 is 0 Å². The fourth-order valence-corrected chi connectivity index (χ4v) is 1.89. The molecule has 2 heteroatoms. The molecule has 2 N–H and O–H groups in total. The lowest BCUT2D eigenvalue weighted by Crippen LogP contribution is -2.33. The maximum Gasteiger partial charge on any atom is 0.0396 e. The monoisotopic (exact) mass is 206 g/mol. The third-order valence-corrected chi connectivity index (χ3v) is 3.00. The first kappa shape index (κ1) is 12.1. The third-order valence-electron chi connectivity index (χ3n) is 3.00. The van der Waals surface area contributed by atoms with Gasteiger partial charge in [0.2, 0.25) is 0 Å². The van der Waals surface area contributed by atoms with Crippen LogP contribution in [0.5, 0.6) is 0 Å². The minimum Gasteiger partial charge on any atom is -0.373 e. The number of hydrogen-bond acceptors (Lipinski definition) is 2. The molecule has 2 nitrogen and oxygen atoms in total. The van der Waals surface area contributed by atoms with Crippen molar-refractivity contribution in [2.24, 2.45) is 5.73 Å². The van der Waals surface area contributed by atoms with Gasteiger partial charge in [0.1, 0.15) is 0 Å². The van der Waals surface area contributed by atoms with Gasteiger partial charge in [-0.1, -0.05) is 6.07 Å². The summed E-state index contributed by atoms with van der Waals surface area (Å²) in [7, 11) is 2.10. The normalized spacial score (nSPS) is 12.7. The molecule has 0 amide bonds. The molecule has 84 valence electrons. The van der Waals surface area contributed by atoms with Gasteiger partial charge in [-0.3, -0.25) is 0 Å². The van der Waals surface area contributed by atoms with E-state index in [0.29, 0.717) is 0 Å². The van der Waals surface area contributed by atoms with E-state index in [9.17, 15) is 0 Å². The second kappa shape index (κ2) is 4.67. The van der Waals surface area contributed by atoms with Gasteiger partial charge in [-0.2, -0.15) is 0 Å². The third kappa shape index (κ3) is 2.72. The summed E-state index contributed by atoms with van der Waals surface area (Å²) in [6.45, 7) is 9.43. The Bertz CT molecular complexity index is 343. The van der Waals surface area contributed by atoms with Crippen LogP contribution in [0.25, 0.3) is 0 Å². The Morgan fingerprint density at radius 3 is 2.33 bits per heavy atom. The molecule has 0 radical (unpaired) electrons. The molecule has 0 aliphatic heterocycles. The van der Waals surface area contributed by atoms with E-state index in [-0.39, 0.29) is 6.04 Å². The first-order valence-corrected chi connectivity index (χ1v) is 5.47. The van der Waals surface area contributed by atoms with Crippen molar-refractivity contribution in [2.75, 3.05) is 18.5 Å². The van der Waals surface area contributed by atoms with E-state index in [4.69, 9.17) is 5.73 Å². The molecule has 1 rings (SSSR count). The van der Waals surface area contributed by atoms with Crippen molar-refractivity contribution in [1.29, 1.82) is 0 Å². The maximum atomic E-state index is 5.81. The largest absolute Gasteiger partial charge is 0.373 e. The van der Waals surface area contributed by atoms with Crippen LogP contribution in [0, 0.1) is 20.8 Å². The smallest absolute Gasteiger partial charge is 0.0396 e. The summed E-state index contributed by atoms with van der Waals surface area (Å²) in [5.41, 5.74) is 11.2. The fraction of sp³-hybridized carbons (Fsp3) is 0.538. The zero-order valence-electron chi connectivity index (χ0n) is 10.5. The van der Waals surface area contributed by atoms with E-state index < -0.39 is 0 Å². The molecule has 1 atom stereocenters. The summed E-state index contributed by atoms with van der Waals surface area (Å²) in [5.74, 6) is 0. The van der Waals surface area contributed by atoms with E-state index >= 15 is 0 Å². The molecule has 0 spiro atoms. The quantitative estimate of drug-likeness (QED) is 0.823. The molecular weight excluding hydrogens is 184 g/mol. The highest BCUT2D eigenvalue weighted by Crippen LogP contribution is 2.24. The molecule has 0 heterocycles. The van der Waals surface area contributed by atoms with E-state index in [1.54, 1.807) is 0 Å². The summed E-state index contributed by atoms with van der Waals surface area (Å²) >= 11 is 0. The van der Waals surface area contributed by atoms with Gasteiger partial charge in [0.15, 0.2) is 0 Å². The summed E-state index contributed by atoms with van der Waals surface area (Å²) < 4.78 is 0. The molecule has 1 unspecified atom stereocenters. The molecule has 0 saturated carbocycles. The molecule has 0 aromatic heterocycles. The molecular formula is C13H22N2. The number of likely N-dealkylation sites (N-methyl/N-ethyl adjacent to an activating group) is 1. The minimum absolute atomic E-state index is 0.205. The van der Waals surface area contributed by atoms with Gasteiger partial charge in [-0.15, -0.1) is 0 Å². The Balaban J connectivity index is 3.00. The lowest BCUT2D eigenvalue weighted by Gasteiger charge is -2.24. The molecule has 0 bridgehead atoms. The summed E-state index contributed by atoms with van der Waals surface area (Å²) in [4.78, 5) is 2.23. The van der Waals surface area contributed by atoms with Gasteiger partial charge in [-0.25, -0.2) is 0 Å². The lowest BCUT2D eigenvalue weighted by molar-refractivity contribution is 0.716. The van der Waals surface area contributed by atoms with Crippen LogP contribution < -0.4 is 10.6 Å². The van der Waals surface area contributed by atoms with E-state index in [1.807, 2.05) is 6.92 Å². The topological polar surface area (TPSA) is 29.3 Å². The average Bonchev–Trinajstić information content (AvgIpc) is 2.13. The Morgan fingerprint density at radius 1 is 1.20 bits per heavy atom. The van der Waals surface area contributed by atoms with Gasteiger partial charge in [-0.05, 0) is 50.5 Å². The first-order chi connectivity index (χ1) is 6.93. The van der Waals surface area contributed by atoms with E-state index in [1.165, 1.54) is 22.4 Å². The highest BCUT2D eigenvalue weighted by molar-refractivity contribution is 5.57. The van der Waals surface area contributed by atoms with Crippen molar-refractivity contribution in [3.63, 3.8) is 0 Å². The van der Waals surface area contributed by atoms with Gasteiger partial charge in [0.25, 0.3) is 0 Å². The summed E-state index contributed by atoms with van der Waals surface area (Å²) in [6.07, 6.45) is 0. The van der Waals surface area contributed by atoms with Crippen molar-refractivity contribution >= 4 is 5.69 Å². The van der Waals surface area contributed by atoms with Gasteiger partial charge in [0, 0.05) is 25.3 Å². The average molecular weight is 206 g/mol. The van der Waals surface area contributed by atoms with Crippen LogP contribution in [0.2, 0.25) is 0 Å². The Morgan fingerprint density at radius 2 is 1.80 bits per heavy atom. The molecule has 15 heavy (non-hydrogen) atoms. The molecule has 0 aliphatic carbocycles. The van der Waals surface area contributed by atoms with Crippen LogP contribution in [0.3, 0.4) is 0 Å². The molecule has 1 aromatic carbocycles. The van der Waals surface area contributed by atoms with Gasteiger partial charge >= 0.3 is 0 Å². The number of nitrogens with two attached hydrogens (primary N) is 1. The number of aryl methyl sites for hydroxylation is 1. The molecule has 1 aromatic rings. The standard InChI is InChI=1S/C13H22N2/c1-9-6-7-13(12(4)11(9)3)15(5)8-10(2)14/h6-7,10H,8,14H2,1-5H3. The number of hydrogen-bond donors (Lipinski definition) is 1. The minimum atomic E-state index is 0.205. The van der Waals surface area contributed by atoms with E-state index in [0.717, 1.165) is 6.54 Å². The van der Waals surface area contributed by atoms with Crippen LogP contribution in [0.1, 0.15) is 23.6 Å².